The fourth-order valence-corrected chi connectivity index (χ4v) is 1.68. The zero-order chi connectivity index (χ0) is 13.2. The number of rotatable bonds is 0. The number of carbonyl (C=O) groups is 2. The molecule has 1 aliphatic rings. The number of hydrogen-bond acceptors (Lipinski definition) is 4. The van der Waals surface area contributed by atoms with Gasteiger partial charge in [0.05, 0.1) is 11.0 Å². The van der Waals surface area contributed by atoms with Crippen LogP contribution in [-0.2, 0) is 9.59 Å². The van der Waals surface area contributed by atoms with Crippen molar-refractivity contribution in [1.29, 1.82) is 0 Å². The summed E-state index contributed by atoms with van der Waals surface area (Å²) in [5, 5.41) is 0. The number of carbonyl (C=O) groups excluding carboxylic acids is 2. The molecule has 94 valence electrons. The highest BCUT2D eigenvalue weighted by Crippen LogP contribution is 2.11. The quantitative estimate of drug-likeness (QED) is 0.714. The lowest BCUT2D eigenvalue weighted by Gasteiger charge is -1.90. The molecule has 3 rings (SSSR count). The Balaban J connectivity index is 0.000000174. The van der Waals surface area contributed by atoms with Gasteiger partial charge in [-0.15, -0.1) is 0 Å². The van der Waals surface area contributed by atoms with Crippen LogP contribution in [-0.4, -0.2) is 22.5 Å². The summed E-state index contributed by atoms with van der Waals surface area (Å²) in [6, 6.07) is 7.80. The van der Waals surface area contributed by atoms with E-state index in [0.29, 0.717) is 5.78 Å². The second kappa shape index (κ2) is 8.06. The van der Waals surface area contributed by atoms with Crippen molar-refractivity contribution in [1.82, 2.24) is 9.97 Å². The van der Waals surface area contributed by atoms with Crippen molar-refractivity contribution in [3.8, 4) is 0 Å². The van der Waals surface area contributed by atoms with E-state index in [2.05, 4.69) is 9.97 Å². The van der Waals surface area contributed by atoms with Crippen molar-refractivity contribution in [2.75, 3.05) is 0 Å². The van der Waals surface area contributed by atoms with E-state index in [9.17, 15) is 4.79 Å². The van der Waals surface area contributed by atoms with E-state index in [1.807, 2.05) is 31.1 Å². The molecule has 1 aromatic heterocycles. The molecule has 1 saturated carbocycles. The van der Waals surface area contributed by atoms with Gasteiger partial charge in [0.15, 0.2) is 0 Å². The van der Waals surface area contributed by atoms with Gasteiger partial charge >= 0.3 is 0 Å². The van der Waals surface area contributed by atoms with E-state index >= 15 is 0 Å². The third-order valence-electron chi connectivity index (χ3n) is 2.54. The van der Waals surface area contributed by atoms with Gasteiger partial charge in [0.2, 0.25) is 0 Å². The van der Waals surface area contributed by atoms with Crippen molar-refractivity contribution in [2.24, 2.45) is 0 Å². The predicted molar refractivity (Wildman–Crippen MR) is 70.1 cm³/mol. The first kappa shape index (κ1) is 14.0. The van der Waals surface area contributed by atoms with Gasteiger partial charge in [-0.05, 0) is 25.0 Å². The number of aromatic nitrogens is 2. The normalized spacial score (nSPS) is 13.2. The standard InChI is InChI=1S/C8H6N2.C5H8O.CH2O/c1-2-4-8-7(3-1)9-5-6-10-8;6-5-3-1-2-4-5;1-2/h1-6H;1-4H2;1H2. The SMILES string of the molecule is C=O.O=C1CCCC1.c1ccc2nccnc2c1. The molecule has 0 amide bonds. The Kier molecular flexibility index (Phi) is 6.25. The number of Topliss-reactive ketones (excluding diaryl/α,β-unsaturated/α-hetero) is 1. The summed E-state index contributed by atoms with van der Waals surface area (Å²) in [7, 11) is 0. The number of benzene rings is 1. The number of fused-ring (bicyclic) bond motifs is 1. The maximum Gasteiger partial charge on any atom is 0.132 e. The monoisotopic (exact) mass is 244 g/mol. The molecule has 0 atom stereocenters. The van der Waals surface area contributed by atoms with Crippen LogP contribution >= 0.6 is 0 Å². The van der Waals surface area contributed by atoms with E-state index in [0.717, 1.165) is 36.7 Å². The second-order valence-corrected chi connectivity index (χ2v) is 3.79. The Morgan fingerprint density at radius 1 is 0.889 bits per heavy atom. The van der Waals surface area contributed by atoms with Gasteiger partial charge in [-0.3, -0.25) is 14.8 Å². The van der Waals surface area contributed by atoms with Crippen LogP contribution < -0.4 is 0 Å². The molecule has 1 heterocycles. The highest BCUT2D eigenvalue weighted by Gasteiger charge is 2.07. The Labute approximate surface area is 106 Å². The van der Waals surface area contributed by atoms with Crippen molar-refractivity contribution in [3.63, 3.8) is 0 Å². The molecule has 2 aromatic rings. The molecule has 0 radical (unpaired) electrons. The van der Waals surface area contributed by atoms with Crippen molar-refractivity contribution in [2.45, 2.75) is 25.7 Å². The minimum atomic E-state index is 0.454. The lowest BCUT2D eigenvalue weighted by atomic mass is 10.3. The van der Waals surface area contributed by atoms with E-state index in [-0.39, 0.29) is 0 Å². The van der Waals surface area contributed by atoms with E-state index < -0.39 is 0 Å². The summed E-state index contributed by atoms with van der Waals surface area (Å²) in [6.45, 7) is 2.00. The maximum absolute atomic E-state index is 10.2. The van der Waals surface area contributed by atoms with E-state index in [1.165, 1.54) is 0 Å². The van der Waals surface area contributed by atoms with Gasteiger partial charge in [0.1, 0.15) is 12.6 Å². The van der Waals surface area contributed by atoms with Crippen molar-refractivity contribution in [3.05, 3.63) is 36.7 Å². The molecular formula is C14H16N2O2. The summed E-state index contributed by atoms with van der Waals surface area (Å²) in [6.07, 6.45) is 7.36. The lowest BCUT2D eigenvalue weighted by molar-refractivity contribution is -0.117. The number of ketones is 1. The molecular weight excluding hydrogens is 228 g/mol. The highest BCUT2D eigenvalue weighted by molar-refractivity contribution is 5.80. The Morgan fingerprint density at radius 3 is 1.67 bits per heavy atom. The average Bonchev–Trinajstić information content (AvgIpc) is 2.93. The number of nitrogens with zero attached hydrogens (tertiary/aromatic N) is 2. The molecule has 0 saturated heterocycles. The zero-order valence-corrected chi connectivity index (χ0v) is 10.2. The minimum absolute atomic E-state index is 0.454. The molecule has 1 aromatic carbocycles. The first-order valence-electron chi connectivity index (χ1n) is 5.82. The van der Waals surface area contributed by atoms with Crippen LogP contribution in [0, 0.1) is 0 Å². The first-order valence-corrected chi connectivity index (χ1v) is 5.82. The van der Waals surface area contributed by atoms with Crippen LogP contribution in [0.4, 0.5) is 0 Å². The van der Waals surface area contributed by atoms with Gasteiger partial charge in [0, 0.05) is 25.2 Å². The van der Waals surface area contributed by atoms with Gasteiger partial charge < -0.3 is 4.79 Å². The van der Waals surface area contributed by atoms with Crippen LogP contribution in [0.3, 0.4) is 0 Å². The predicted octanol–water partition coefficient (Wildman–Crippen LogP) is 2.57. The molecule has 0 bridgehead atoms. The molecule has 4 nitrogen and oxygen atoms in total. The second-order valence-electron chi connectivity index (χ2n) is 3.79. The molecule has 0 spiro atoms. The molecule has 0 aliphatic heterocycles. The summed E-state index contributed by atoms with van der Waals surface area (Å²) < 4.78 is 0. The third kappa shape index (κ3) is 4.41. The average molecular weight is 244 g/mol. The molecule has 0 unspecified atom stereocenters. The maximum atomic E-state index is 10.2. The Bertz CT molecular complexity index is 426. The molecule has 4 heteroatoms. The van der Waals surface area contributed by atoms with E-state index in [1.54, 1.807) is 12.4 Å². The topological polar surface area (TPSA) is 59.9 Å². The highest BCUT2D eigenvalue weighted by atomic mass is 16.1. The van der Waals surface area contributed by atoms with Gasteiger partial charge in [-0.1, -0.05) is 12.1 Å². The zero-order valence-electron chi connectivity index (χ0n) is 10.2. The molecule has 0 N–H and O–H groups in total. The largest absolute Gasteiger partial charge is 0.307 e. The van der Waals surface area contributed by atoms with Gasteiger partial charge in [0.25, 0.3) is 0 Å². The lowest BCUT2D eigenvalue weighted by Crippen LogP contribution is -1.81. The molecule has 18 heavy (non-hydrogen) atoms. The van der Waals surface area contributed by atoms with Crippen LogP contribution in [0.25, 0.3) is 11.0 Å². The molecule has 1 aliphatic carbocycles. The van der Waals surface area contributed by atoms with Crippen LogP contribution in [0.15, 0.2) is 36.7 Å². The van der Waals surface area contributed by atoms with Crippen molar-refractivity contribution < 1.29 is 9.59 Å². The number of hydrogen-bond donors (Lipinski definition) is 0. The van der Waals surface area contributed by atoms with Crippen molar-refractivity contribution >= 4 is 23.6 Å². The fraction of sp³-hybridized carbons (Fsp3) is 0.286. The minimum Gasteiger partial charge on any atom is -0.307 e. The summed E-state index contributed by atoms with van der Waals surface area (Å²) >= 11 is 0. The summed E-state index contributed by atoms with van der Waals surface area (Å²) in [4.78, 5) is 26.5. The van der Waals surface area contributed by atoms with Gasteiger partial charge in [-0.2, -0.15) is 0 Å². The number of para-hydroxylation sites is 2. The first-order chi connectivity index (χ1) is 8.86. The Morgan fingerprint density at radius 2 is 1.33 bits per heavy atom. The van der Waals surface area contributed by atoms with E-state index in [4.69, 9.17) is 4.79 Å². The summed E-state index contributed by atoms with van der Waals surface area (Å²) in [5.74, 6) is 0.454. The van der Waals surface area contributed by atoms with Crippen LogP contribution in [0.2, 0.25) is 0 Å². The third-order valence-corrected chi connectivity index (χ3v) is 2.54. The van der Waals surface area contributed by atoms with Gasteiger partial charge in [-0.25, -0.2) is 0 Å². The van der Waals surface area contributed by atoms with Crippen LogP contribution in [0.1, 0.15) is 25.7 Å². The fourth-order valence-electron chi connectivity index (χ4n) is 1.68. The molecule has 1 fully saturated rings. The Hall–Kier alpha value is -2.10. The van der Waals surface area contributed by atoms with Crippen LogP contribution in [0.5, 0.6) is 0 Å². The summed E-state index contributed by atoms with van der Waals surface area (Å²) in [5.41, 5.74) is 1.90. The smallest absolute Gasteiger partial charge is 0.132 e.